The minimum Gasteiger partial charge on any atom is -0.505 e. The minimum absolute atomic E-state index is 0.0338. The predicted octanol–water partition coefficient (Wildman–Crippen LogP) is 2.70. The van der Waals surface area contributed by atoms with Crippen LogP contribution in [0.5, 0.6) is 5.75 Å². The standard InChI is InChI=1S/C10H5Cl3N2O2S/c11-4-2-5(12)8(16)7(13)3(4)1-6-9(17)15-10(18)14-6/h1-2,16H,(H2,14,15,17,18)/b6-1+. The zero-order chi connectivity index (χ0) is 13.4. The fraction of sp³-hybridized carbons (Fsp3) is 0. The summed E-state index contributed by atoms with van der Waals surface area (Å²) in [7, 11) is 0. The Balaban J connectivity index is 2.53. The second-order valence-corrected chi connectivity index (χ2v) is 4.98. The molecule has 4 nitrogen and oxygen atoms in total. The van der Waals surface area contributed by atoms with Gasteiger partial charge in [-0.3, -0.25) is 10.1 Å². The number of thiocarbonyl (C=S) groups is 1. The minimum atomic E-state index is -0.401. The molecule has 2 rings (SSSR count). The molecule has 1 aliphatic heterocycles. The Labute approximate surface area is 123 Å². The summed E-state index contributed by atoms with van der Waals surface area (Å²) < 4.78 is 0. The lowest BCUT2D eigenvalue weighted by atomic mass is 10.1. The van der Waals surface area contributed by atoms with Crippen molar-refractivity contribution in [3.63, 3.8) is 0 Å². The molecule has 1 amide bonds. The van der Waals surface area contributed by atoms with E-state index >= 15 is 0 Å². The monoisotopic (exact) mass is 322 g/mol. The summed E-state index contributed by atoms with van der Waals surface area (Å²) in [5.41, 5.74) is 0.466. The first-order valence-electron chi connectivity index (χ1n) is 4.60. The molecular formula is C10H5Cl3N2O2S. The Morgan fingerprint density at radius 1 is 1.22 bits per heavy atom. The van der Waals surface area contributed by atoms with Crippen molar-refractivity contribution >= 4 is 64.1 Å². The van der Waals surface area contributed by atoms with Crippen molar-refractivity contribution < 1.29 is 9.90 Å². The van der Waals surface area contributed by atoms with Crippen molar-refractivity contribution in [1.29, 1.82) is 0 Å². The SMILES string of the molecule is O=C1NC(=S)N/C1=C/c1c(Cl)cc(Cl)c(O)c1Cl. The van der Waals surface area contributed by atoms with Crippen LogP contribution in [0.1, 0.15) is 5.56 Å². The van der Waals surface area contributed by atoms with Crippen molar-refractivity contribution in [3.05, 3.63) is 32.4 Å². The van der Waals surface area contributed by atoms with Gasteiger partial charge in [0.25, 0.3) is 5.91 Å². The highest BCUT2D eigenvalue weighted by Crippen LogP contribution is 2.39. The van der Waals surface area contributed by atoms with Gasteiger partial charge in [-0.25, -0.2) is 0 Å². The van der Waals surface area contributed by atoms with Gasteiger partial charge in [0.1, 0.15) is 5.70 Å². The van der Waals surface area contributed by atoms with E-state index in [1.165, 1.54) is 12.1 Å². The van der Waals surface area contributed by atoms with Crippen molar-refractivity contribution in [3.8, 4) is 5.75 Å². The number of carbonyl (C=O) groups excluding carboxylic acids is 1. The van der Waals surface area contributed by atoms with Gasteiger partial charge >= 0.3 is 0 Å². The molecule has 0 atom stereocenters. The number of phenolic OH excluding ortho intramolecular Hbond substituents is 1. The molecule has 8 heteroatoms. The number of aromatic hydroxyl groups is 1. The number of halogens is 3. The molecular weight excluding hydrogens is 319 g/mol. The van der Waals surface area contributed by atoms with Crippen LogP contribution in [0.25, 0.3) is 6.08 Å². The van der Waals surface area contributed by atoms with E-state index in [1.54, 1.807) is 0 Å². The number of nitrogens with one attached hydrogen (secondary N) is 2. The third kappa shape index (κ3) is 2.40. The molecule has 0 unspecified atom stereocenters. The van der Waals surface area contributed by atoms with Crippen LogP contribution in [0.3, 0.4) is 0 Å². The van der Waals surface area contributed by atoms with E-state index in [0.29, 0.717) is 0 Å². The Morgan fingerprint density at radius 3 is 2.44 bits per heavy atom. The summed E-state index contributed by atoms with van der Waals surface area (Å²) in [4.78, 5) is 11.5. The molecule has 0 spiro atoms. The third-order valence-electron chi connectivity index (χ3n) is 2.19. The number of rotatable bonds is 1. The fourth-order valence-corrected chi connectivity index (χ4v) is 2.43. The lowest BCUT2D eigenvalue weighted by Crippen LogP contribution is -2.21. The summed E-state index contributed by atoms with van der Waals surface area (Å²) in [5, 5.41) is 15.0. The van der Waals surface area contributed by atoms with Crippen LogP contribution < -0.4 is 10.6 Å². The van der Waals surface area contributed by atoms with E-state index in [2.05, 4.69) is 10.6 Å². The zero-order valence-electron chi connectivity index (χ0n) is 8.55. The van der Waals surface area contributed by atoms with E-state index in [9.17, 15) is 9.90 Å². The van der Waals surface area contributed by atoms with Gasteiger partial charge in [0.15, 0.2) is 10.9 Å². The summed E-state index contributed by atoms with van der Waals surface area (Å²) in [6.45, 7) is 0. The number of hydrogen-bond acceptors (Lipinski definition) is 3. The normalized spacial score (nSPS) is 16.9. The highest BCUT2D eigenvalue weighted by atomic mass is 35.5. The number of phenols is 1. The largest absolute Gasteiger partial charge is 0.505 e. The maximum absolute atomic E-state index is 11.5. The van der Waals surface area contributed by atoms with Gasteiger partial charge in [0.05, 0.1) is 15.1 Å². The number of carbonyl (C=O) groups is 1. The Bertz CT molecular complexity index is 601. The Hall–Kier alpha value is -1.01. The molecule has 0 radical (unpaired) electrons. The third-order valence-corrected chi connectivity index (χ3v) is 3.38. The average molecular weight is 324 g/mol. The van der Waals surface area contributed by atoms with Crippen LogP contribution in [-0.2, 0) is 4.79 Å². The van der Waals surface area contributed by atoms with Crippen LogP contribution in [0, 0.1) is 0 Å². The van der Waals surface area contributed by atoms with Crippen molar-refractivity contribution in [2.24, 2.45) is 0 Å². The van der Waals surface area contributed by atoms with Crippen molar-refractivity contribution in [1.82, 2.24) is 10.6 Å². The van der Waals surface area contributed by atoms with E-state index in [-0.39, 0.29) is 37.2 Å². The Morgan fingerprint density at radius 2 is 1.89 bits per heavy atom. The molecule has 1 saturated heterocycles. The molecule has 0 saturated carbocycles. The zero-order valence-corrected chi connectivity index (χ0v) is 11.6. The van der Waals surface area contributed by atoms with E-state index < -0.39 is 5.91 Å². The topological polar surface area (TPSA) is 61.4 Å². The smallest absolute Gasteiger partial charge is 0.273 e. The quantitative estimate of drug-likeness (QED) is 0.549. The maximum Gasteiger partial charge on any atom is 0.273 e. The average Bonchev–Trinajstić information content (AvgIpc) is 2.60. The van der Waals surface area contributed by atoms with Gasteiger partial charge < -0.3 is 10.4 Å². The molecule has 1 aliphatic rings. The van der Waals surface area contributed by atoms with Crippen LogP contribution in [0.4, 0.5) is 0 Å². The summed E-state index contributed by atoms with van der Waals surface area (Å²) in [6.07, 6.45) is 1.38. The number of amides is 1. The molecule has 18 heavy (non-hydrogen) atoms. The lowest BCUT2D eigenvalue weighted by Gasteiger charge is -2.07. The van der Waals surface area contributed by atoms with Crippen molar-refractivity contribution in [2.75, 3.05) is 0 Å². The van der Waals surface area contributed by atoms with Crippen LogP contribution in [0.15, 0.2) is 11.8 Å². The molecule has 3 N–H and O–H groups in total. The first kappa shape index (κ1) is 13.4. The molecule has 1 fully saturated rings. The molecule has 0 aliphatic carbocycles. The Kier molecular flexibility index (Phi) is 3.68. The van der Waals surface area contributed by atoms with Gasteiger partial charge in [-0.05, 0) is 24.4 Å². The maximum atomic E-state index is 11.5. The van der Waals surface area contributed by atoms with E-state index in [0.717, 1.165) is 0 Å². The highest BCUT2D eigenvalue weighted by molar-refractivity contribution is 7.80. The van der Waals surface area contributed by atoms with E-state index in [4.69, 9.17) is 47.0 Å². The summed E-state index contributed by atoms with van der Waals surface area (Å²) >= 11 is 22.3. The van der Waals surface area contributed by atoms with Gasteiger partial charge in [-0.1, -0.05) is 34.8 Å². The summed E-state index contributed by atoms with van der Waals surface area (Å²) in [6, 6.07) is 1.34. The highest BCUT2D eigenvalue weighted by Gasteiger charge is 2.22. The molecule has 94 valence electrons. The summed E-state index contributed by atoms with van der Waals surface area (Å²) in [5.74, 6) is -0.697. The van der Waals surface area contributed by atoms with E-state index in [1.807, 2.05) is 0 Å². The van der Waals surface area contributed by atoms with Gasteiger partial charge in [0, 0.05) is 5.56 Å². The first-order chi connectivity index (χ1) is 8.40. The second-order valence-electron chi connectivity index (χ2n) is 3.38. The molecule has 0 aromatic heterocycles. The first-order valence-corrected chi connectivity index (χ1v) is 6.15. The molecule has 1 aromatic carbocycles. The van der Waals surface area contributed by atoms with Crippen LogP contribution in [0.2, 0.25) is 15.1 Å². The van der Waals surface area contributed by atoms with Gasteiger partial charge in [0.2, 0.25) is 0 Å². The van der Waals surface area contributed by atoms with Crippen molar-refractivity contribution in [2.45, 2.75) is 0 Å². The van der Waals surface area contributed by atoms with Crippen LogP contribution in [-0.4, -0.2) is 16.1 Å². The van der Waals surface area contributed by atoms with Gasteiger partial charge in [-0.2, -0.15) is 0 Å². The number of hydrogen-bond donors (Lipinski definition) is 3. The van der Waals surface area contributed by atoms with Gasteiger partial charge in [-0.15, -0.1) is 0 Å². The predicted molar refractivity (Wildman–Crippen MR) is 75.0 cm³/mol. The second kappa shape index (κ2) is 4.93. The molecule has 0 bridgehead atoms. The fourth-order valence-electron chi connectivity index (χ4n) is 1.35. The lowest BCUT2D eigenvalue weighted by molar-refractivity contribution is -0.115. The van der Waals surface area contributed by atoms with Crippen LogP contribution >= 0.6 is 47.0 Å². The molecule has 1 heterocycles. The number of benzene rings is 1. The molecule has 1 aromatic rings.